The summed E-state index contributed by atoms with van der Waals surface area (Å²) in [6.07, 6.45) is 4.31. The van der Waals surface area contributed by atoms with E-state index in [1.54, 1.807) is 0 Å². The first-order valence-electron chi connectivity index (χ1n) is 7.51. The number of nitriles is 1. The Bertz CT molecular complexity index is 673. The lowest BCUT2D eigenvalue weighted by Crippen LogP contribution is -2.41. The zero-order chi connectivity index (χ0) is 14.7. The molecule has 0 bridgehead atoms. The summed E-state index contributed by atoms with van der Waals surface area (Å²) in [6.45, 7) is 0.972. The van der Waals surface area contributed by atoms with Gasteiger partial charge in [0.05, 0.1) is 17.1 Å². The van der Waals surface area contributed by atoms with Crippen molar-refractivity contribution in [2.75, 3.05) is 18.1 Å². The molecule has 0 unspecified atom stereocenters. The highest BCUT2D eigenvalue weighted by molar-refractivity contribution is 5.86. The first-order chi connectivity index (χ1) is 10.3. The van der Waals surface area contributed by atoms with E-state index in [4.69, 9.17) is 10.1 Å². The molecule has 1 aromatic carbocycles. The number of fused-ring (bicyclic) bond motifs is 1. The molecule has 0 atom stereocenters. The fourth-order valence-electron chi connectivity index (χ4n) is 2.82. The van der Waals surface area contributed by atoms with Gasteiger partial charge in [0.15, 0.2) is 0 Å². The Morgan fingerprint density at radius 2 is 2.14 bits per heavy atom. The van der Waals surface area contributed by atoms with Crippen molar-refractivity contribution in [2.24, 2.45) is 0 Å². The molecule has 2 aromatic rings. The Morgan fingerprint density at radius 3 is 2.81 bits per heavy atom. The molecule has 0 saturated heterocycles. The van der Waals surface area contributed by atoms with Crippen molar-refractivity contribution in [3.8, 4) is 6.07 Å². The lowest BCUT2D eigenvalue weighted by molar-refractivity contribution is 0.282. The highest BCUT2D eigenvalue weighted by atomic mass is 16.3. The van der Waals surface area contributed by atoms with E-state index < -0.39 is 0 Å². The Morgan fingerprint density at radius 1 is 1.33 bits per heavy atom. The number of hydrogen-bond acceptors (Lipinski definition) is 4. The van der Waals surface area contributed by atoms with Crippen LogP contribution in [0.1, 0.15) is 31.2 Å². The predicted octanol–water partition coefficient (Wildman–Crippen LogP) is 2.85. The van der Waals surface area contributed by atoms with Crippen molar-refractivity contribution in [3.63, 3.8) is 0 Å². The monoisotopic (exact) mass is 281 g/mol. The number of aliphatic hydroxyl groups excluding tert-OH is 1. The summed E-state index contributed by atoms with van der Waals surface area (Å²) in [7, 11) is 0. The van der Waals surface area contributed by atoms with Crippen LogP contribution in [-0.4, -0.2) is 29.3 Å². The Labute approximate surface area is 124 Å². The highest BCUT2D eigenvalue weighted by Crippen LogP contribution is 2.31. The number of rotatable bonds is 5. The topological polar surface area (TPSA) is 60.2 Å². The molecule has 1 saturated carbocycles. The lowest BCUT2D eigenvalue weighted by Gasteiger charge is -2.38. The van der Waals surface area contributed by atoms with Crippen LogP contribution in [0, 0.1) is 11.3 Å². The third kappa shape index (κ3) is 2.70. The predicted molar refractivity (Wildman–Crippen MR) is 83.1 cm³/mol. The molecular formula is C17H19N3O. The van der Waals surface area contributed by atoms with Gasteiger partial charge in [-0.15, -0.1) is 0 Å². The van der Waals surface area contributed by atoms with Crippen molar-refractivity contribution in [1.82, 2.24) is 4.98 Å². The molecule has 3 rings (SSSR count). The van der Waals surface area contributed by atoms with Crippen LogP contribution in [0.2, 0.25) is 0 Å². The van der Waals surface area contributed by atoms with Crippen molar-refractivity contribution in [2.45, 2.75) is 31.7 Å². The van der Waals surface area contributed by atoms with Gasteiger partial charge in [-0.25, -0.2) is 4.98 Å². The van der Waals surface area contributed by atoms with Crippen LogP contribution >= 0.6 is 0 Å². The maximum Gasteiger partial charge on any atom is 0.130 e. The largest absolute Gasteiger partial charge is 0.396 e. The molecule has 1 N–H and O–H groups in total. The smallest absolute Gasteiger partial charge is 0.130 e. The van der Waals surface area contributed by atoms with Crippen molar-refractivity contribution in [1.29, 1.82) is 5.26 Å². The van der Waals surface area contributed by atoms with E-state index in [9.17, 15) is 5.26 Å². The summed E-state index contributed by atoms with van der Waals surface area (Å²) < 4.78 is 0. The minimum atomic E-state index is 0.182. The molecule has 0 aliphatic heterocycles. The van der Waals surface area contributed by atoms with Crippen molar-refractivity contribution < 1.29 is 5.11 Å². The Kier molecular flexibility index (Phi) is 4.03. The molecule has 0 amide bonds. The number of anilines is 1. The number of para-hydroxylation sites is 1. The van der Waals surface area contributed by atoms with E-state index in [-0.39, 0.29) is 6.61 Å². The van der Waals surface area contributed by atoms with Crippen LogP contribution in [0.3, 0.4) is 0 Å². The second kappa shape index (κ2) is 6.11. The lowest BCUT2D eigenvalue weighted by atomic mass is 9.91. The molecule has 1 fully saturated rings. The van der Waals surface area contributed by atoms with E-state index >= 15 is 0 Å². The number of hydrogen-bond donors (Lipinski definition) is 1. The van der Waals surface area contributed by atoms with Gasteiger partial charge >= 0.3 is 0 Å². The summed E-state index contributed by atoms with van der Waals surface area (Å²) in [4.78, 5) is 6.99. The van der Waals surface area contributed by atoms with E-state index in [0.717, 1.165) is 29.7 Å². The average Bonchev–Trinajstić information content (AvgIpc) is 2.48. The van der Waals surface area contributed by atoms with Gasteiger partial charge in [-0.1, -0.05) is 18.2 Å². The molecule has 1 aromatic heterocycles. The minimum absolute atomic E-state index is 0.182. The fourth-order valence-corrected chi connectivity index (χ4v) is 2.82. The standard InChI is InChI=1S/C17H19N3O/c18-12-13-11-17(19-16-8-2-1-7-15(13)16)20(9-4-10-21)14-5-3-6-14/h1-2,7-8,11,14,21H,3-6,9-10H2. The summed E-state index contributed by atoms with van der Waals surface area (Å²) >= 11 is 0. The molecule has 21 heavy (non-hydrogen) atoms. The van der Waals surface area contributed by atoms with E-state index in [2.05, 4.69) is 11.0 Å². The fraction of sp³-hybridized carbons (Fsp3) is 0.412. The van der Waals surface area contributed by atoms with Gasteiger partial charge in [0, 0.05) is 24.6 Å². The molecule has 0 spiro atoms. The SMILES string of the molecule is N#Cc1cc(N(CCCO)C2CCC2)nc2ccccc12. The zero-order valence-electron chi connectivity index (χ0n) is 12.0. The van der Waals surface area contributed by atoms with Gasteiger partial charge in [-0.3, -0.25) is 0 Å². The zero-order valence-corrected chi connectivity index (χ0v) is 12.0. The number of aromatic nitrogens is 1. The van der Waals surface area contributed by atoms with Gasteiger partial charge in [0.2, 0.25) is 0 Å². The van der Waals surface area contributed by atoms with Crippen LogP contribution in [0.5, 0.6) is 0 Å². The number of benzene rings is 1. The van der Waals surface area contributed by atoms with E-state index in [1.165, 1.54) is 19.3 Å². The molecule has 1 heterocycles. The molecular weight excluding hydrogens is 262 g/mol. The quantitative estimate of drug-likeness (QED) is 0.915. The maximum atomic E-state index is 9.39. The summed E-state index contributed by atoms with van der Waals surface area (Å²) in [6, 6.07) is 12.4. The molecule has 1 aliphatic carbocycles. The van der Waals surface area contributed by atoms with Crippen LogP contribution in [-0.2, 0) is 0 Å². The van der Waals surface area contributed by atoms with Crippen LogP contribution in [0.4, 0.5) is 5.82 Å². The number of pyridine rings is 1. The summed E-state index contributed by atoms with van der Waals surface area (Å²) in [5.74, 6) is 0.864. The average molecular weight is 281 g/mol. The van der Waals surface area contributed by atoms with Gasteiger partial charge in [-0.2, -0.15) is 5.26 Å². The Hall–Kier alpha value is -2.12. The highest BCUT2D eigenvalue weighted by Gasteiger charge is 2.26. The van der Waals surface area contributed by atoms with Gasteiger partial charge in [0.25, 0.3) is 0 Å². The first-order valence-corrected chi connectivity index (χ1v) is 7.51. The van der Waals surface area contributed by atoms with Gasteiger partial charge in [-0.05, 0) is 37.8 Å². The van der Waals surface area contributed by atoms with Crippen molar-refractivity contribution >= 4 is 16.7 Å². The third-order valence-corrected chi connectivity index (χ3v) is 4.19. The first kappa shape index (κ1) is 13.8. The van der Waals surface area contributed by atoms with Crippen LogP contribution in [0.25, 0.3) is 10.9 Å². The molecule has 4 heteroatoms. The number of aliphatic hydroxyl groups is 1. The number of nitrogens with zero attached hydrogens (tertiary/aromatic N) is 3. The summed E-state index contributed by atoms with van der Waals surface area (Å²) in [5, 5.41) is 19.4. The Balaban J connectivity index is 2.02. The van der Waals surface area contributed by atoms with Gasteiger partial charge in [0.1, 0.15) is 5.82 Å². The van der Waals surface area contributed by atoms with Crippen LogP contribution in [0.15, 0.2) is 30.3 Å². The molecule has 4 nitrogen and oxygen atoms in total. The molecule has 1 aliphatic rings. The maximum absolute atomic E-state index is 9.39. The van der Waals surface area contributed by atoms with Crippen molar-refractivity contribution in [3.05, 3.63) is 35.9 Å². The summed E-state index contributed by atoms with van der Waals surface area (Å²) in [5.41, 5.74) is 1.53. The van der Waals surface area contributed by atoms with E-state index in [1.807, 2.05) is 30.3 Å². The second-order valence-corrected chi connectivity index (χ2v) is 5.51. The van der Waals surface area contributed by atoms with Crippen LogP contribution < -0.4 is 4.90 Å². The minimum Gasteiger partial charge on any atom is -0.396 e. The molecule has 108 valence electrons. The normalized spacial score (nSPS) is 14.7. The third-order valence-electron chi connectivity index (χ3n) is 4.19. The second-order valence-electron chi connectivity index (χ2n) is 5.51. The molecule has 0 radical (unpaired) electrons. The van der Waals surface area contributed by atoms with Gasteiger partial charge < -0.3 is 10.0 Å². The van der Waals surface area contributed by atoms with E-state index in [0.29, 0.717) is 11.6 Å².